The van der Waals surface area contributed by atoms with Gasteiger partial charge in [0.2, 0.25) is 0 Å². The summed E-state index contributed by atoms with van der Waals surface area (Å²) in [6.07, 6.45) is -4.31. The molecule has 2 aromatic carbocycles. The number of hydrogen-bond donors (Lipinski definition) is 1. The van der Waals surface area contributed by atoms with E-state index in [0.29, 0.717) is 12.1 Å². The number of benzene rings is 2. The fraction of sp³-hybridized carbons (Fsp3) is 0.143. The lowest BCUT2D eigenvalue weighted by molar-refractivity contribution is -0.137. The number of halogens is 5. The summed E-state index contributed by atoms with van der Waals surface area (Å²) in [5.41, 5.74) is 0.770. The highest BCUT2D eigenvalue weighted by Crippen LogP contribution is 2.30. The lowest BCUT2D eigenvalue weighted by Gasteiger charge is -2.11. The molecule has 106 valence electrons. The molecule has 0 amide bonds. The maximum Gasteiger partial charge on any atom is 0.416 e. The van der Waals surface area contributed by atoms with Gasteiger partial charge in [-0.15, -0.1) is 0 Å². The summed E-state index contributed by atoms with van der Waals surface area (Å²) >= 11 is 6.74. The first-order chi connectivity index (χ1) is 9.36. The van der Waals surface area contributed by atoms with Gasteiger partial charge in [0.15, 0.2) is 0 Å². The van der Waals surface area contributed by atoms with E-state index in [4.69, 9.17) is 0 Å². The van der Waals surface area contributed by atoms with Crippen LogP contribution in [0, 0.1) is 0 Å². The molecule has 2 rings (SSSR count). The van der Waals surface area contributed by atoms with E-state index in [1.165, 1.54) is 6.07 Å². The zero-order valence-corrected chi connectivity index (χ0v) is 13.3. The normalized spacial score (nSPS) is 11.4. The third-order valence-corrected chi connectivity index (χ3v) is 3.82. The Bertz CT molecular complexity index is 612. The van der Waals surface area contributed by atoms with Crippen LogP contribution in [0.1, 0.15) is 11.1 Å². The van der Waals surface area contributed by atoms with Crippen LogP contribution in [0.25, 0.3) is 0 Å². The van der Waals surface area contributed by atoms with Gasteiger partial charge in [-0.1, -0.05) is 28.1 Å². The van der Waals surface area contributed by atoms with E-state index in [1.807, 2.05) is 18.2 Å². The zero-order valence-electron chi connectivity index (χ0n) is 10.1. The van der Waals surface area contributed by atoms with Crippen LogP contribution in [-0.4, -0.2) is 0 Å². The Labute approximate surface area is 131 Å². The van der Waals surface area contributed by atoms with E-state index in [0.717, 1.165) is 26.8 Å². The molecule has 0 aliphatic rings. The van der Waals surface area contributed by atoms with Gasteiger partial charge in [-0.2, -0.15) is 13.2 Å². The summed E-state index contributed by atoms with van der Waals surface area (Å²) in [5.74, 6) is 0. The van der Waals surface area contributed by atoms with Crippen molar-refractivity contribution >= 4 is 37.5 Å². The molecule has 20 heavy (non-hydrogen) atoms. The molecule has 0 unspecified atom stereocenters. The quantitative estimate of drug-likeness (QED) is 0.672. The summed E-state index contributed by atoms with van der Waals surface area (Å²) in [7, 11) is 0. The Balaban J connectivity index is 2.11. The van der Waals surface area contributed by atoms with Crippen molar-refractivity contribution in [2.24, 2.45) is 0 Å². The first kappa shape index (κ1) is 15.4. The third-order valence-electron chi connectivity index (χ3n) is 2.67. The van der Waals surface area contributed by atoms with E-state index in [9.17, 15) is 13.2 Å². The summed E-state index contributed by atoms with van der Waals surface area (Å²) in [6, 6.07) is 10.9. The van der Waals surface area contributed by atoms with Gasteiger partial charge in [0, 0.05) is 21.2 Å². The van der Waals surface area contributed by atoms with Crippen LogP contribution in [0.5, 0.6) is 0 Å². The van der Waals surface area contributed by atoms with Gasteiger partial charge in [0.05, 0.1) is 5.56 Å². The predicted octanol–water partition coefficient (Wildman–Crippen LogP) is 5.84. The van der Waals surface area contributed by atoms with Crippen molar-refractivity contribution < 1.29 is 13.2 Å². The second kappa shape index (κ2) is 6.18. The van der Waals surface area contributed by atoms with E-state index in [2.05, 4.69) is 37.2 Å². The maximum absolute atomic E-state index is 12.6. The minimum absolute atomic E-state index is 0.324. The summed E-state index contributed by atoms with van der Waals surface area (Å²) in [6.45, 7) is 0.324. The van der Waals surface area contributed by atoms with Crippen LogP contribution in [0.3, 0.4) is 0 Å². The van der Waals surface area contributed by atoms with E-state index >= 15 is 0 Å². The average Bonchev–Trinajstić information content (AvgIpc) is 2.37. The summed E-state index contributed by atoms with van der Waals surface area (Å²) in [4.78, 5) is 0. The number of hydrogen-bond acceptors (Lipinski definition) is 1. The van der Waals surface area contributed by atoms with Gasteiger partial charge in [0.25, 0.3) is 0 Å². The lowest BCUT2D eigenvalue weighted by atomic mass is 10.1. The van der Waals surface area contributed by atoms with Crippen molar-refractivity contribution in [3.63, 3.8) is 0 Å². The Morgan fingerprint density at radius 3 is 2.40 bits per heavy atom. The summed E-state index contributed by atoms with van der Waals surface area (Å²) < 4.78 is 39.6. The molecular formula is C14H10Br2F3N. The Morgan fingerprint density at radius 1 is 1.00 bits per heavy atom. The Morgan fingerprint density at radius 2 is 1.75 bits per heavy atom. The fourth-order valence-corrected chi connectivity index (χ4v) is 2.87. The largest absolute Gasteiger partial charge is 0.416 e. The molecule has 0 aromatic heterocycles. The van der Waals surface area contributed by atoms with E-state index < -0.39 is 11.7 Å². The maximum atomic E-state index is 12.6. The molecule has 1 nitrogen and oxygen atoms in total. The number of rotatable bonds is 3. The third kappa shape index (κ3) is 3.99. The molecule has 0 saturated heterocycles. The van der Waals surface area contributed by atoms with Crippen molar-refractivity contribution in [1.29, 1.82) is 0 Å². The molecule has 0 bridgehead atoms. The summed E-state index contributed by atoms with van der Waals surface area (Å²) in [5, 5.41) is 3.10. The molecule has 0 heterocycles. The first-order valence-electron chi connectivity index (χ1n) is 5.71. The number of alkyl halides is 3. The van der Waals surface area contributed by atoms with Gasteiger partial charge in [0.1, 0.15) is 0 Å². The van der Waals surface area contributed by atoms with Crippen molar-refractivity contribution in [3.05, 3.63) is 62.5 Å². The number of nitrogens with one attached hydrogen (secondary N) is 1. The lowest BCUT2D eigenvalue weighted by Crippen LogP contribution is -2.07. The molecule has 0 fully saturated rings. The van der Waals surface area contributed by atoms with E-state index in [1.54, 1.807) is 6.07 Å². The highest BCUT2D eigenvalue weighted by atomic mass is 79.9. The molecule has 1 N–H and O–H groups in total. The van der Waals surface area contributed by atoms with Crippen LogP contribution in [0.4, 0.5) is 18.9 Å². The van der Waals surface area contributed by atoms with Gasteiger partial charge in [-0.3, -0.25) is 0 Å². The highest BCUT2D eigenvalue weighted by molar-refractivity contribution is 9.11. The molecule has 2 aromatic rings. The van der Waals surface area contributed by atoms with Crippen molar-refractivity contribution in [3.8, 4) is 0 Å². The average molecular weight is 409 g/mol. The van der Waals surface area contributed by atoms with Gasteiger partial charge < -0.3 is 5.32 Å². The van der Waals surface area contributed by atoms with Crippen molar-refractivity contribution in [2.45, 2.75) is 12.7 Å². The fourth-order valence-electron chi connectivity index (χ4n) is 1.69. The minimum Gasteiger partial charge on any atom is -0.380 e. The van der Waals surface area contributed by atoms with Crippen LogP contribution in [-0.2, 0) is 12.7 Å². The highest BCUT2D eigenvalue weighted by Gasteiger charge is 2.30. The topological polar surface area (TPSA) is 12.0 Å². The SMILES string of the molecule is FC(F)(F)c1cccc(CNc2ccc(Br)cc2Br)c1. The second-order valence-electron chi connectivity index (χ2n) is 4.18. The molecular weight excluding hydrogens is 399 g/mol. The van der Waals surface area contributed by atoms with Gasteiger partial charge in [-0.05, 0) is 51.8 Å². The van der Waals surface area contributed by atoms with Crippen molar-refractivity contribution in [2.75, 3.05) is 5.32 Å². The molecule has 0 aliphatic carbocycles. The van der Waals surface area contributed by atoms with Crippen LogP contribution >= 0.6 is 31.9 Å². The molecule has 0 atom stereocenters. The Kier molecular flexibility index (Phi) is 4.75. The Hall–Kier alpha value is -1.01. The zero-order chi connectivity index (χ0) is 14.8. The van der Waals surface area contributed by atoms with Crippen molar-refractivity contribution in [1.82, 2.24) is 0 Å². The predicted molar refractivity (Wildman–Crippen MR) is 80.6 cm³/mol. The van der Waals surface area contributed by atoms with Crippen LogP contribution in [0.15, 0.2) is 51.4 Å². The second-order valence-corrected chi connectivity index (χ2v) is 5.95. The molecule has 0 spiro atoms. The molecule has 0 aliphatic heterocycles. The van der Waals surface area contributed by atoms with Gasteiger partial charge >= 0.3 is 6.18 Å². The molecule has 6 heteroatoms. The van der Waals surface area contributed by atoms with Gasteiger partial charge in [-0.25, -0.2) is 0 Å². The minimum atomic E-state index is -4.31. The van der Waals surface area contributed by atoms with Crippen LogP contribution < -0.4 is 5.32 Å². The molecule has 0 saturated carbocycles. The molecule has 0 radical (unpaired) electrons. The standard InChI is InChI=1S/C14H10Br2F3N/c15-11-4-5-13(12(16)7-11)20-8-9-2-1-3-10(6-9)14(17,18)19/h1-7,20H,8H2. The van der Waals surface area contributed by atoms with Crippen LogP contribution in [0.2, 0.25) is 0 Å². The first-order valence-corrected chi connectivity index (χ1v) is 7.30. The number of anilines is 1. The monoisotopic (exact) mass is 407 g/mol. The smallest absolute Gasteiger partial charge is 0.380 e. The van der Waals surface area contributed by atoms with E-state index in [-0.39, 0.29) is 0 Å².